The van der Waals surface area contributed by atoms with Crippen LogP contribution < -0.4 is 5.32 Å². The second-order valence-electron chi connectivity index (χ2n) is 4.22. The van der Waals surface area contributed by atoms with Crippen LogP contribution in [0.1, 0.15) is 11.3 Å². The number of halogens is 1. The molecule has 1 aromatic heterocycles. The van der Waals surface area contributed by atoms with Crippen LogP contribution in [-0.2, 0) is 11.3 Å². The van der Waals surface area contributed by atoms with Gasteiger partial charge in [-0.2, -0.15) is 0 Å². The molecule has 0 atom stereocenters. The molecule has 2 aromatic rings. The van der Waals surface area contributed by atoms with Gasteiger partial charge in [-0.25, -0.2) is 9.97 Å². The third kappa shape index (κ3) is 3.30. The van der Waals surface area contributed by atoms with Gasteiger partial charge < -0.3 is 10.1 Å². The molecule has 4 nitrogen and oxygen atoms in total. The highest BCUT2D eigenvalue weighted by Gasteiger charge is 2.07. The van der Waals surface area contributed by atoms with E-state index in [1.54, 1.807) is 7.11 Å². The first kappa shape index (κ1) is 14.0. The number of nitrogens with zero attached hydrogens (tertiary/aromatic N) is 2. The summed E-state index contributed by atoms with van der Waals surface area (Å²) < 4.78 is 6.19. The van der Waals surface area contributed by atoms with Gasteiger partial charge in [-0.3, -0.25) is 0 Å². The van der Waals surface area contributed by atoms with Gasteiger partial charge in [-0.1, -0.05) is 28.1 Å². The summed E-state index contributed by atoms with van der Waals surface area (Å²) in [6, 6.07) is 7.98. The molecule has 0 saturated carbocycles. The van der Waals surface area contributed by atoms with Crippen molar-refractivity contribution < 1.29 is 4.74 Å². The highest BCUT2D eigenvalue weighted by molar-refractivity contribution is 9.10. The monoisotopic (exact) mass is 321 g/mol. The summed E-state index contributed by atoms with van der Waals surface area (Å²) in [7, 11) is 3.50. The van der Waals surface area contributed by atoms with Gasteiger partial charge in [0.05, 0.1) is 12.3 Å². The number of rotatable bonds is 4. The number of aromatic nitrogens is 2. The smallest absolute Gasteiger partial charge is 0.161 e. The van der Waals surface area contributed by atoms with Gasteiger partial charge in [0.15, 0.2) is 5.82 Å². The van der Waals surface area contributed by atoms with Crippen LogP contribution in [0.2, 0.25) is 0 Å². The zero-order valence-electron chi connectivity index (χ0n) is 11.2. The number of anilines is 1. The Morgan fingerprint density at radius 1 is 1.26 bits per heavy atom. The molecule has 0 saturated heterocycles. The molecule has 0 amide bonds. The SMILES string of the molecule is CNc1cc(COC)nc(-c2ccc(C)c(Br)c2)n1. The minimum Gasteiger partial charge on any atom is -0.378 e. The van der Waals surface area contributed by atoms with Gasteiger partial charge >= 0.3 is 0 Å². The lowest BCUT2D eigenvalue weighted by Gasteiger charge is -2.08. The van der Waals surface area contributed by atoms with E-state index in [0.29, 0.717) is 12.4 Å². The van der Waals surface area contributed by atoms with Gasteiger partial charge in [0.25, 0.3) is 0 Å². The second kappa shape index (κ2) is 6.12. The molecule has 19 heavy (non-hydrogen) atoms. The summed E-state index contributed by atoms with van der Waals surface area (Å²) in [4.78, 5) is 8.99. The number of nitrogens with one attached hydrogen (secondary N) is 1. The van der Waals surface area contributed by atoms with Gasteiger partial charge in [-0.15, -0.1) is 0 Å². The lowest BCUT2D eigenvalue weighted by molar-refractivity contribution is 0.181. The molecule has 0 unspecified atom stereocenters. The van der Waals surface area contributed by atoms with Gasteiger partial charge in [-0.05, 0) is 18.6 Å². The van der Waals surface area contributed by atoms with Crippen LogP contribution in [0.25, 0.3) is 11.4 Å². The predicted molar refractivity (Wildman–Crippen MR) is 80.2 cm³/mol. The van der Waals surface area contributed by atoms with Crippen LogP contribution >= 0.6 is 15.9 Å². The molecule has 100 valence electrons. The van der Waals surface area contributed by atoms with E-state index in [1.807, 2.05) is 31.3 Å². The fourth-order valence-corrected chi connectivity index (χ4v) is 2.09. The third-order valence-corrected chi connectivity index (χ3v) is 3.61. The first-order valence-electron chi connectivity index (χ1n) is 5.95. The Bertz CT molecular complexity index is 587. The Morgan fingerprint density at radius 2 is 2.05 bits per heavy atom. The predicted octanol–water partition coefficient (Wildman–Crippen LogP) is 3.40. The van der Waals surface area contributed by atoms with Crippen molar-refractivity contribution in [2.45, 2.75) is 13.5 Å². The molecule has 5 heteroatoms. The number of hydrogen-bond acceptors (Lipinski definition) is 4. The van der Waals surface area contributed by atoms with Gasteiger partial charge in [0, 0.05) is 30.3 Å². The molecule has 0 aliphatic carbocycles. The van der Waals surface area contributed by atoms with Crippen molar-refractivity contribution in [1.29, 1.82) is 0 Å². The molecule has 0 aliphatic heterocycles. The number of aryl methyl sites for hydroxylation is 1. The standard InChI is InChI=1S/C14H16BrN3O/c1-9-4-5-10(6-12(9)15)14-17-11(8-19-3)7-13(16-2)18-14/h4-7H,8H2,1-3H3,(H,16,17,18). The maximum atomic E-state index is 5.13. The summed E-state index contributed by atoms with van der Waals surface area (Å²) in [5.74, 6) is 1.48. The Hall–Kier alpha value is -1.46. The highest BCUT2D eigenvalue weighted by Crippen LogP contribution is 2.24. The number of methoxy groups -OCH3 is 1. The van der Waals surface area contributed by atoms with E-state index >= 15 is 0 Å². The fraction of sp³-hybridized carbons (Fsp3) is 0.286. The summed E-state index contributed by atoms with van der Waals surface area (Å²) >= 11 is 3.53. The molecular formula is C14H16BrN3O. The Labute approximate surface area is 121 Å². The van der Waals surface area contributed by atoms with Gasteiger partial charge in [0.2, 0.25) is 0 Å². The van der Waals surface area contributed by atoms with Crippen molar-refractivity contribution in [1.82, 2.24) is 9.97 Å². The highest BCUT2D eigenvalue weighted by atomic mass is 79.9. The summed E-state index contributed by atoms with van der Waals surface area (Å²) in [6.07, 6.45) is 0. The van der Waals surface area contributed by atoms with Gasteiger partial charge in [0.1, 0.15) is 5.82 Å². The second-order valence-corrected chi connectivity index (χ2v) is 5.07. The fourth-order valence-electron chi connectivity index (χ4n) is 1.71. The van der Waals surface area contributed by atoms with Crippen molar-refractivity contribution in [2.24, 2.45) is 0 Å². The van der Waals surface area contributed by atoms with E-state index in [0.717, 1.165) is 21.5 Å². The van der Waals surface area contributed by atoms with Crippen LogP contribution in [0.4, 0.5) is 5.82 Å². The van der Waals surface area contributed by atoms with Crippen molar-refractivity contribution in [2.75, 3.05) is 19.5 Å². The molecule has 1 N–H and O–H groups in total. The maximum Gasteiger partial charge on any atom is 0.161 e. The van der Waals surface area contributed by atoms with E-state index in [1.165, 1.54) is 5.56 Å². The van der Waals surface area contributed by atoms with Crippen LogP contribution in [0, 0.1) is 6.92 Å². The normalized spacial score (nSPS) is 10.5. The molecule has 0 spiro atoms. The summed E-state index contributed by atoms with van der Waals surface area (Å²) in [5.41, 5.74) is 3.02. The lowest BCUT2D eigenvalue weighted by Crippen LogP contribution is -2.02. The first-order chi connectivity index (χ1) is 9.13. The Kier molecular flexibility index (Phi) is 4.50. The van der Waals surface area contributed by atoms with Crippen molar-refractivity contribution in [3.63, 3.8) is 0 Å². The van der Waals surface area contributed by atoms with Crippen molar-refractivity contribution in [3.05, 3.63) is 40.0 Å². The van der Waals surface area contributed by atoms with E-state index < -0.39 is 0 Å². The number of ether oxygens (including phenoxy) is 1. The minimum atomic E-state index is 0.469. The average molecular weight is 322 g/mol. The topological polar surface area (TPSA) is 47.0 Å². The molecule has 0 radical (unpaired) electrons. The van der Waals surface area contributed by atoms with Crippen LogP contribution in [0.3, 0.4) is 0 Å². The molecular weight excluding hydrogens is 306 g/mol. The molecule has 0 aliphatic rings. The summed E-state index contributed by atoms with van der Waals surface area (Å²) in [6.45, 7) is 2.52. The Morgan fingerprint density at radius 3 is 2.68 bits per heavy atom. The summed E-state index contributed by atoms with van der Waals surface area (Å²) in [5, 5.41) is 3.04. The molecule has 1 aromatic carbocycles. The van der Waals surface area contributed by atoms with E-state index in [2.05, 4.69) is 38.1 Å². The van der Waals surface area contributed by atoms with E-state index in [-0.39, 0.29) is 0 Å². The van der Waals surface area contributed by atoms with E-state index in [4.69, 9.17) is 4.74 Å². The number of benzene rings is 1. The molecule has 0 fully saturated rings. The largest absolute Gasteiger partial charge is 0.378 e. The van der Waals surface area contributed by atoms with E-state index in [9.17, 15) is 0 Å². The zero-order valence-corrected chi connectivity index (χ0v) is 12.8. The van der Waals surface area contributed by atoms with Crippen molar-refractivity contribution in [3.8, 4) is 11.4 Å². The Balaban J connectivity index is 2.47. The number of hydrogen-bond donors (Lipinski definition) is 1. The van der Waals surface area contributed by atoms with Crippen molar-refractivity contribution >= 4 is 21.7 Å². The van der Waals surface area contributed by atoms with Crippen LogP contribution in [0.15, 0.2) is 28.7 Å². The van der Waals surface area contributed by atoms with Crippen LogP contribution in [-0.4, -0.2) is 24.1 Å². The maximum absolute atomic E-state index is 5.13. The average Bonchev–Trinajstić information content (AvgIpc) is 2.42. The molecule has 1 heterocycles. The third-order valence-electron chi connectivity index (χ3n) is 2.76. The minimum absolute atomic E-state index is 0.469. The van der Waals surface area contributed by atoms with Crippen LogP contribution in [0.5, 0.6) is 0 Å². The quantitative estimate of drug-likeness (QED) is 0.937. The molecule has 2 rings (SSSR count). The first-order valence-corrected chi connectivity index (χ1v) is 6.74. The molecule has 0 bridgehead atoms. The zero-order chi connectivity index (χ0) is 13.8. The lowest BCUT2D eigenvalue weighted by atomic mass is 10.1.